The number of amides is 3. The first-order chi connectivity index (χ1) is 15.3. The van der Waals surface area contributed by atoms with E-state index in [1.165, 1.54) is 0 Å². The lowest BCUT2D eigenvalue weighted by Gasteiger charge is -2.27. The van der Waals surface area contributed by atoms with Crippen LogP contribution in [0.5, 0.6) is 0 Å². The minimum Gasteiger partial charge on any atom is -0.341 e. The summed E-state index contributed by atoms with van der Waals surface area (Å²) in [4.78, 5) is 41.1. The summed E-state index contributed by atoms with van der Waals surface area (Å²) in [5.74, 6) is -0.572. The number of piperidine rings is 1. The van der Waals surface area contributed by atoms with E-state index in [-0.39, 0.29) is 12.5 Å². The number of rotatable bonds is 4. The zero-order chi connectivity index (χ0) is 23.0. The minimum absolute atomic E-state index is 0.164. The minimum atomic E-state index is -0.408. The molecule has 0 bridgehead atoms. The predicted molar refractivity (Wildman–Crippen MR) is 128 cm³/mol. The van der Waals surface area contributed by atoms with Gasteiger partial charge in [0.2, 0.25) is 5.91 Å². The van der Waals surface area contributed by atoms with Crippen LogP contribution in [0.1, 0.15) is 41.8 Å². The van der Waals surface area contributed by atoms with Crippen LogP contribution in [0.15, 0.2) is 29.2 Å². The Morgan fingerprint density at radius 1 is 1.09 bits per heavy atom. The Morgan fingerprint density at radius 3 is 2.53 bits per heavy atom. The van der Waals surface area contributed by atoms with Crippen molar-refractivity contribution in [3.63, 3.8) is 0 Å². The first-order valence-electron chi connectivity index (χ1n) is 10.7. The Morgan fingerprint density at radius 2 is 1.81 bits per heavy atom. The number of hydrogen-bond donors (Lipinski definition) is 0. The maximum absolute atomic E-state index is 12.9. The van der Waals surface area contributed by atoms with Crippen LogP contribution < -0.4 is 0 Å². The van der Waals surface area contributed by atoms with Crippen molar-refractivity contribution in [3.8, 4) is 5.69 Å². The molecule has 1 aromatic carbocycles. The molecule has 1 aromatic heterocycles. The zero-order valence-corrected chi connectivity index (χ0v) is 20.1. The van der Waals surface area contributed by atoms with Gasteiger partial charge in [-0.05, 0) is 87.2 Å². The lowest BCUT2D eigenvalue weighted by atomic mass is 10.1. The van der Waals surface area contributed by atoms with Crippen molar-refractivity contribution in [1.82, 2.24) is 14.4 Å². The van der Waals surface area contributed by atoms with Gasteiger partial charge in [-0.15, -0.1) is 0 Å². The number of hydrogen-bond acceptors (Lipinski definition) is 4. The molecule has 2 aliphatic rings. The third-order valence-electron chi connectivity index (χ3n) is 6.04. The zero-order valence-electron chi connectivity index (χ0n) is 18.5. The molecule has 0 atom stereocenters. The highest BCUT2D eigenvalue weighted by Crippen LogP contribution is 2.34. The Labute approximate surface area is 197 Å². The summed E-state index contributed by atoms with van der Waals surface area (Å²) in [6.07, 6.45) is 4.79. The molecule has 2 fully saturated rings. The van der Waals surface area contributed by atoms with Gasteiger partial charge in [-0.2, -0.15) is 0 Å². The number of aryl methyl sites for hydroxylation is 2. The topological polar surface area (TPSA) is 62.6 Å². The third kappa shape index (κ3) is 4.36. The van der Waals surface area contributed by atoms with Crippen LogP contribution in [0.25, 0.3) is 11.8 Å². The van der Waals surface area contributed by atoms with Crippen LogP contribution in [-0.2, 0) is 9.59 Å². The summed E-state index contributed by atoms with van der Waals surface area (Å²) in [5.41, 5.74) is 4.86. The SMILES string of the molecule is Cc1ccc(Cl)cc1-n1c(C)cc(C=C2SC(=O)N(CC(=O)N3CCCCC3)C2=O)c1C. The molecule has 0 radical (unpaired) electrons. The van der Waals surface area contributed by atoms with Gasteiger partial charge in [0.05, 0.1) is 4.91 Å². The Kier molecular flexibility index (Phi) is 6.49. The van der Waals surface area contributed by atoms with Crippen molar-refractivity contribution < 1.29 is 14.4 Å². The van der Waals surface area contributed by atoms with E-state index in [4.69, 9.17) is 11.6 Å². The van der Waals surface area contributed by atoms with Crippen LogP contribution in [0.2, 0.25) is 5.02 Å². The van der Waals surface area contributed by atoms with E-state index < -0.39 is 11.1 Å². The summed E-state index contributed by atoms with van der Waals surface area (Å²) in [6.45, 7) is 7.19. The van der Waals surface area contributed by atoms with E-state index in [2.05, 4.69) is 4.57 Å². The largest absolute Gasteiger partial charge is 0.341 e. The number of aromatic nitrogens is 1. The molecule has 168 valence electrons. The molecule has 0 aliphatic carbocycles. The second-order valence-corrected chi connectivity index (χ2v) is 9.73. The molecule has 2 aromatic rings. The third-order valence-corrected chi connectivity index (χ3v) is 7.19. The number of carbonyl (C=O) groups is 3. The van der Waals surface area contributed by atoms with Crippen molar-refractivity contribution in [2.75, 3.05) is 19.6 Å². The van der Waals surface area contributed by atoms with Gasteiger partial charge < -0.3 is 9.47 Å². The first kappa shape index (κ1) is 22.7. The van der Waals surface area contributed by atoms with Crippen molar-refractivity contribution in [3.05, 3.63) is 56.7 Å². The monoisotopic (exact) mass is 471 g/mol. The smallest absolute Gasteiger partial charge is 0.294 e. The molecule has 3 heterocycles. The molecule has 0 unspecified atom stereocenters. The highest BCUT2D eigenvalue weighted by molar-refractivity contribution is 8.18. The highest BCUT2D eigenvalue weighted by atomic mass is 35.5. The molecule has 2 aliphatic heterocycles. The Hall–Kier alpha value is -2.51. The standard InChI is InChI=1S/C24H26ClN3O3S/c1-15-7-8-19(25)13-20(15)28-16(2)11-18(17(28)3)12-21-23(30)27(24(31)32-21)14-22(29)26-9-5-4-6-10-26/h7-8,11-13H,4-6,9-10,14H2,1-3H3. The number of likely N-dealkylation sites (tertiary alicyclic amines) is 1. The van der Waals surface area contributed by atoms with Crippen molar-refractivity contribution in [2.45, 2.75) is 40.0 Å². The molecule has 0 spiro atoms. The quantitative estimate of drug-likeness (QED) is 0.581. The van der Waals surface area contributed by atoms with Crippen LogP contribution >= 0.6 is 23.4 Å². The molecule has 0 saturated carbocycles. The number of nitrogens with zero attached hydrogens (tertiary/aromatic N) is 3. The molecule has 0 N–H and O–H groups in total. The number of thioether (sulfide) groups is 1. The molecule has 32 heavy (non-hydrogen) atoms. The number of imide groups is 1. The highest BCUT2D eigenvalue weighted by Gasteiger charge is 2.37. The summed E-state index contributed by atoms with van der Waals surface area (Å²) in [6, 6.07) is 7.74. The molecule has 3 amide bonds. The van der Waals surface area contributed by atoms with E-state index in [1.807, 2.05) is 45.0 Å². The lowest BCUT2D eigenvalue weighted by molar-refractivity contribution is -0.136. The summed E-state index contributed by atoms with van der Waals surface area (Å²) < 4.78 is 2.09. The van der Waals surface area contributed by atoms with E-state index >= 15 is 0 Å². The van der Waals surface area contributed by atoms with E-state index in [1.54, 1.807) is 11.0 Å². The van der Waals surface area contributed by atoms with E-state index in [0.717, 1.165) is 64.1 Å². The summed E-state index contributed by atoms with van der Waals surface area (Å²) in [7, 11) is 0. The van der Waals surface area contributed by atoms with Gasteiger partial charge in [0, 0.05) is 35.2 Å². The molecule has 8 heteroatoms. The average molecular weight is 472 g/mol. The van der Waals surface area contributed by atoms with Gasteiger partial charge in [0.15, 0.2) is 0 Å². The summed E-state index contributed by atoms with van der Waals surface area (Å²) in [5, 5.41) is 0.255. The van der Waals surface area contributed by atoms with Crippen molar-refractivity contribution in [1.29, 1.82) is 0 Å². The van der Waals surface area contributed by atoms with Gasteiger partial charge in [-0.3, -0.25) is 19.3 Å². The second-order valence-electron chi connectivity index (χ2n) is 8.30. The van der Waals surface area contributed by atoms with Crippen LogP contribution in [0.4, 0.5) is 4.79 Å². The van der Waals surface area contributed by atoms with Crippen molar-refractivity contribution >= 4 is 46.5 Å². The number of carbonyl (C=O) groups excluding carboxylic acids is 3. The maximum atomic E-state index is 12.9. The second kappa shape index (κ2) is 9.16. The van der Waals surface area contributed by atoms with Gasteiger partial charge in [0.1, 0.15) is 6.54 Å². The number of halogens is 1. The average Bonchev–Trinajstić information content (AvgIpc) is 3.19. The first-order valence-corrected chi connectivity index (χ1v) is 11.9. The molecular weight excluding hydrogens is 446 g/mol. The lowest BCUT2D eigenvalue weighted by Crippen LogP contribution is -2.44. The van der Waals surface area contributed by atoms with Gasteiger partial charge in [0.25, 0.3) is 11.1 Å². The Bertz CT molecular complexity index is 1130. The Balaban J connectivity index is 1.58. The van der Waals surface area contributed by atoms with Crippen LogP contribution in [0, 0.1) is 20.8 Å². The van der Waals surface area contributed by atoms with Gasteiger partial charge in [-0.1, -0.05) is 17.7 Å². The fraction of sp³-hybridized carbons (Fsp3) is 0.375. The maximum Gasteiger partial charge on any atom is 0.294 e. The number of benzene rings is 1. The van der Waals surface area contributed by atoms with Gasteiger partial charge in [-0.25, -0.2) is 0 Å². The predicted octanol–water partition coefficient (Wildman–Crippen LogP) is 5.10. The molecular formula is C24H26ClN3O3S. The van der Waals surface area contributed by atoms with Crippen LogP contribution in [0.3, 0.4) is 0 Å². The van der Waals surface area contributed by atoms with Crippen LogP contribution in [-0.4, -0.2) is 51.1 Å². The van der Waals surface area contributed by atoms with E-state index in [0.29, 0.717) is 23.0 Å². The fourth-order valence-electron chi connectivity index (χ4n) is 4.28. The van der Waals surface area contributed by atoms with Crippen molar-refractivity contribution in [2.24, 2.45) is 0 Å². The van der Waals surface area contributed by atoms with E-state index in [9.17, 15) is 14.4 Å². The molecule has 4 rings (SSSR count). The molecule has 6 nitrogen and oxygen atoms in total. The van der Waals surface area contributed by atoms with Gasteiger partial charge >= 0.3 is 0 Å². The fourth-order valence-corrected chi connectivity index (χ4v) is 5.28. The normalized spacial score (nSPS) is 18.2. The summed E-state index contributed by atoms with van der Waals surface area (Å²) >= 11 is 7.11. The molecule has 2 saturated heterocycles.